The van der Waals surface area contributed by atoms with E-state index in [9.17, 15) is 9.18 Å². The first kappa shape index (κ1) is 21.6. The minimum absolute atomic E-state index is 0.0798. The maximum Gasteiger partial charge on any atom is 0.453 e. The molecule has 0 bridgehead atoms. The van der Waals surface area contributed by atoms with Gasteiger partial charge in [-0.15, -0.1) is 11.3 Å². The Kier molecular flexibility index (Phi) is 5.45. The third-order valence-electron chi connectivity index (χ3n) is 5.38. The van der Waals surface area contributed by atoms with Gasteiger partial charge in [0, 0.05) is 29.0 Å². The zero-order valence-electron chi connectivity index (χ0n) is 16.5. The highest BCUT2D eigenvalue weighted by molar-refractivity contribution is 7.10. The van der Waals surface area contributed by atoms with Gasteiger partial charge in [0.05, 0.1) is 24.4 Å². The summed E-state index contributed by atoms with van der Waals surface area (Å²) in [6.07, 6.45) is -2.23. The van der Waals surface area contributed by atoms with Crippen molar-refractivity contribution >= 4 is 17.2 Å². The van der Waals surface area contributed by atoms with Crippen molar-refractivity contribution in [1.29, 1.82) is 5.26 Å². The molecule has 9 nitrogen and oxygen atoms in total. The minimum Gasteiger partial charge on any atom is -0.416 e. The second-order valence-electron chi connectivity index (χ2n) is 7.86. The van der Waals surface area contributed by atoms with E-state index < -0.39 is 23.8 Å². The molecule has 1 saturated carbocycles. The van der Waals surface area contributed by atoms with Gasteiger partial charge in [0.15, 0.2) is 0 Å². The number of rotatable bonds is 5. The lowest BCUT2D eigenvalue weighted by Gasteiger charge is -2.33. The number of hydrogen-bond donors (Lipinski definition) is 3. The van der Waals surface area contributed by atoms with Gasteiger partial charge in [0.2, 0.25) is 5.91 Å². The van der Waals surface area contributed by atoms with Crippen molar-refractivity contribution in [1.82, 2.24) is 9.88 Å². The average Bonchev–Trinajstić information content (AvgIpc) is 3.27. The summed E-state index contributed by atoms with van der Waals surface area (Å²) < 4.78 is 24.4. The molecule has 1 aliphatic heterocycles. The highest BCUT2D eigenvalue weighted by Crippen LogP contribution is 2.47. The molecule has 164 valence electrons. The Bertz CT molecular complexity index is 1060. The first-order chi connectivity index (χ1) is 14.6. The van der Waals surface area contributed by atoms with Crippen molar-refractivity contribution in [3.05, 3.63) is 33.9 Å². The van der Waals surface area contributed by atoms with E-state index in [1.807, 2.05) is 6.92 Å². The van der Waals surface area contributed by atoms with E-state index in [0.29, 0.717) is 24.7 Å². The Morgan fingerprint density at radius 3 is 2.84 bits per heavy atom. The van der Waals surface area contributed by atoms with Gasteiger partial charge in [-0.1, -0.05) is 6.92 Å². The summed E-state index contributed by atoms with van der Waals surface area (Å²) in [5.74, 6) is -1.26. The van der Waals surface area contributed by atoms with Crippen LogP contribution in [0, 0.1) is 22.6 Å². The summed E-state index contributed by atoms with van der Waals surface area (Å²) in [5.41, 5.74) is -0.247. The van der Waals surface area contributed by atoms with E-state index in [1.54, 1.807) is 16.3 Å². The summed E-state index contributed by atoms with van der Waals surface area (Å²) >= 11 is 1.24. The molecule has 1 aliphatic carbocycles. The molecule has 31 heavy (non-hydrogen) atoms. The van der Waals surface area contributed by atoms with Crippen LogP contribution in [0.1, 0.15) is 36.4 Å². The number of carbonyl (C=O) groups is 1. The molecule has 0 radical (unpaired) electrons. The van der Waals surface area contributed by atoms with E-state index in [2.05, 4.69) is 9.72 Å². The van der Waals surface area contributed by atoms with Gasteiger partial charge in [0.25, 0.3) is 0 Å². The number of halogens is 1. The standard InChI is InChI=1S/C20H20FN3O6S/c1-19(2-3-19)18(25)24-4-5-29-16(9-24)17-23-14(10-31-17)12-6-11(8-22)13(21)7-15(12)30-20(26,27)28/h6-7,10,16,26-28H,2-5,9H2,1H3. The van der Waals surface area contributed by atoms with Crippen LogP contribution in [0.3, 0.4) is 0 Å². The summed E-state index contributed by atoms with van der Waals surface area (Å²) in [4.78, 5) is 18.9. The van der Waals surface area contributed by atoms with Crippen LogP contribution in [0.2, 0.25) is 0 Å². The van der Waals surface area contributed by atoms with Crippen LogP contribution < -0.4 is 4.74 Å². The number of thiazole rings is 1. The lowest BCUT2D eigenvalue weighted by Crippen LogP contribution is -2.45. The molecule has 1 atom stereocenters. The highest BCUT2D eigenvalue weighted by atomic mass is 32.1. The second kappa shape index (κ2) is 7.81. The zero-order valence-corrected chi connectivity index (χ0v) is 17.4. The number of carbonyl (C=O) groups excluding carboxylic acids is 1. The minimum atomic E-state index is -3.54. The lowest BCUT2D eigenvalue weighted by atomic mass is 10.1. The third kappa shape index (κ3) is 4.53. The number of benzene rings is 1. The fourth-order valence-electron chi connectivity index (χ4n) is 3.40. The van der Waals surface area contributed by atoms with Gasteiger partial charge in [-0.05, 0) is 18.9 Å². The fourth-order valence-corrected chi connectivity index (χ4v) is 4.26. The largest absolute Gasteiger partial charge is 0.453 e. The van der Waals surface area contributed by atoms with Crippen LogP contribution in [0.25, 0.3) is 11.3 Å². The molecular formula is C20H20FN3O6S. The number of nitriles is 1. The summed E-state index contributed by atoms with van der Waals surface area (Å²) in [6.45, 7) is 3.18. The number of ether oxygens (including phenoxy) is 2. The molecule has 2 fully saturated rings. The normalized spacial score (nSPS) is 20.3. The van der Waals surface area contributed by atoms with Gasteiger partial charge in [-0.3, -0.25) is 4.79 Å². The Morgan fingerprint density at radius 2 is 2.19 bits per heavy atom. The lowest BCUT2D eigenvalue weighted by molar-refractivity contribution is -0.419. The number of aliphatic hydroxyl groups is 3. The number of hydrogen-bond acceptors (Lipinski definition) is 9. The van der Waals surface area contributed by atoms with Gasteiger partial charge in [0.1, 0.15) is 28.7 Å². The first-order valence-corrected chi connectivity index (χ1v) is 10.4. The van der Waals surface area contributed by atoms with E-state index >= 15 is 0 Å². The summed E-state index contributed by atoms with van der Waals surface area (Å²) in [7, 11) is 0. The Balaban J connectivity index is 1.61. The van der Waals surface area contributed by atoms with Crippen molar-refractivity contribution in [2.75, 3.05) is 19.7 Å². The topological polar surface area (TPSA) is 136 Å². The summed E-state index contributed by atoms with van der Waals surface area (Å²) in [6, 6.07) is 3.59. The molecular weight excluding hydrogens is 429 g/mol. The smallest absolute Gasteiger partial charge is 0.416 e. The molecule has 1 aromatic heterocycles. The van der Waals surface area contributed by atoms with Crippen LogP contribution >= 0.6 is 11.3 Å². The predicted octanol–water partition coefficient (Wildman–Crippen LogP) is 1.49. The number of aromatic nitrogens is 1. The maximum absolute atomic E-state index is 14.0. The fraction of sp³-hybridized carbons (Fsp3) is 0.450. The molecule has 3 N–H and O–H groups in total. The molecule has 2 aliphatic rings. The van der Waals surface area contributed by atoms with Gasteiger partial charge in [-0.2, -0.15) is 5.26 Å². The van der Waals surface area contributed by atoms with Crippen molar-refractivity contribution in [3.63, 3.8) is 0 Å². The Morgan fingerprint density at radius 1 is 1.45 bits per heavy atom. The molecule has 1 saturated heterocycles. The van der Waals surface area contributed by atoms with Crippen LogP contribution in [0.15, 0.2) is 17.5 Å². The Hall–Kier alpha value is -2.62. The van der Waals surface area contributed by atoms with Crippen LogP contribution in [-0.2, 0) is 9.53 Å². The van der Waals surface area contributed by atoms with Gasteiger partial charge >= 0.3 is 6.16 Å². The number of nitrogens with zero attached hydrogens (tertiary/aromatic N) is 3. The van der Waals surface area contributed by atoms with Crippen LogP contribution in [0.5, 0.6) is 5.75 Å². The zero-order chi connectivity index (χ0) is 22.4. The number of amides is 1. The molecule has 1 amide bonds. The molecule has 4 rings (SSSR count). The van der Waals surface area contributed by atoms with Crippen LogP contribution in [-0.4, -0.2) is 57.0 Å². The van der Waals surface area contributed by atoms with Crippen molar-refractivity contribution < 1.29 is 34.0 Å². The third-order valence-corrected chi connectivity index (χ3v) is 6.32. The number of morpholine rings is 1. The van der Waals surface area contributed by atoms with E-state index in [0.717, 1.165) is 25.0 Å². The van der Waals surface area contributed by atoms with Gasteiger partial charge < -0.3 is 29.7 Å². The summed E-state index contributed by atoms with van der Waals surface area (Å²) in [5, 5.41) is 38.7. The molecule has 2 aromatic rings. The quantitative estimate of drug-likeness (QED) is 0.584. The molecule has 1 unspecified atom stereocenters. The van der Waals surface area contributed by atoms with Crippen molar-refractivity contribution in [3.8, 4) is 23.1 Å². The highest BCUT2D eigenvalue weighted by Gasteiger charge is 2.48. The SMILES string of the molecule is CC1(C(=O)N2CCOC(c3nc(-c4cc(C#N)c(F)cc4OC(O)(O)O)cs3)C2)CC1. The van der Waals surface area contributed by atoms with Crippen LogP contribution in [0.4, 0.5) is 4.39 Å². The van der Waals surface area contributed by atoms with Crippen molar-refractivity contribution in [2.45, 2.75) is 32.0 Å². The molecule has 2 heterocycles. The molecule has 11 heteroatoms. The average molecular weight is 449 g/mol. The monoisotopic (exact) mass is 449 g/mol. The predicted molar refractivity (Wildman–Crippen MR) is 105 cm³/mol. The molecule has 0 spiro atoms. The van der Waals surface area contributed by atoms with E-state index in [1.165, 1.54) is 11.3 Å². The van der Waals surface area contributed by atoms with E-state index in [4.69, 9.17) is 25.3 Å². The molecule has 1 aromatic carbocycles. The van der Waals surface area contributed by atoms with Gasteiger partial charge in [-0.25, -0.2) is 9.37 Å². The Labute approximate surface area is 180 Å². The second-order valence-corrected chi connectivity index (χ2v) is 8.75. The van der Waals surface area contributed by atoms with E-state index in [-0.39, 0.29) is 28.1 Å². The first-order valence-electron chi connectivity index (χ1n) is 9.56. The van der Waals surface area contributed by atoms with Crippen molar-refractivity contribution in [2.24, 2.45) is 5.41 Å². The maximum atomic E-state index is 14.0.